The highest BCUT2D eigenvalue weighted by atomic mass is 32.1. The molecule has 0 aliphatic heterocycles. The van der Waals surface area contributed by atoms with E-state index in [2.05, 4.69) is 36.9 Å². The molecule has 5 rings (SSSR count). The van der Waals surface area contributed by atoms with Crippen LogP contribution >= 0.6 is 45.0 Å². The molecule has 0 heterocycles. The van der Waals surface area contributed by atoms with Crippen LogP contribution in [0, 0.1) is 0 Å². The largest absolute Gasteiger partial charge is 0.313 e. The molecule has 0 saturated carbocycles. The van der Waals surface area contributed by atoms with Crippen molar-refractivity contribution in [2.75, 3.05) is 0 Å². The summed E-state index contributed by atoms with van der Waals surface area (Å²) in [6.07, 6.45) is 4.18. The number of hydrogen-bond donors (Lipinski definition) is 3. The van der Waals surface area contributed by atoms with Crippen molar-refractivity contribution in [3.05, 3.63) is 108 Å². The van der Waals surface area contributed by atoms with E-state index in [0.29, 0.717) is 0 Å². The fourth-order valence-electron chi connectivity index (χ4n) is 4.49. The summed E-state index contributed by atoms with van der Waals surface area (Å²) in [7, 11) is -3.13. The van der Waals surface area contributed by atoms with E-state index in [1.54, 1.807) is 0 Å². The Morgan fingerprint density at radius 1 is 0.719 bits per heavy atom. The summed E-state index contributed by atoms with van der Waals surface area (Å²) >= 11 is 13.9. The molecular weight excluding hydrogens is 467 g/mol. The Kier molecular flexibility index (Phi) is 5.90. The van der Waals surface area contributed by atoms with Crippen LogP contribution in [0.15, 0.2) is 112 Å². The van der Waals surface area contributed by atoms with E-state index >= 15 is 4.57 Å². The molecule has 0 saturated heterocycles. The summed E-state index contributed by atoms with van der Waals surface area (Å²) in [5.74, 6) is 0. The minimum Gasteiger partial charge on any atom is -0.313 e. The molecule has 4 aromatic rings. The summed E-state index contributed by atoms with van der Waals surface area (Å²) in [6.45, 7) is 0. The molecule has 32 heavy (non-hydrogen) atoms. The molecule has 4 aromatic carbocycles. The lowest BCUT2D eigenvalue weighted by atomic mass is 10.1. The first-order chi connectivity index (χ1) is 15.5. The molecule has 0 N–H and O–H groups in total. The van der Waals surface area contributed by atoms with Gasteiger partial charge in [0.05, 0.1) is 5.66 Å². The van der Waals surface area contributed by atoms with E-state index in [9.17, 15) is 0 Å². The molecule has 0 fully saturated rings. The van der Waals surface area contributed by atoms with E-state index in [4.69, 9.17) is 25.3 Å². The Labute approximate surface area is 205 Å². The SMILES string of the molecule is O=P(c1ccccc1)(c1ccccc1-c1c(S)cc(S)cc1S)C1C=Cc2ccccc21. The second-order valence-corrected chi connectivity index (χ2v) is 12.2. The molecule has 0 radical (unpaired) electrons. The number of rotatable bonds is 4. The van der Waals surface area contributed by atoms with E-state index in [1.165, 1.54) is 0 Å². The molecule has 0 spiro atoms. The van der Waals surface area contributed by atoms with Gasteiger partial charge in [-0.1, -0.05) is 91.0 Å². The number of thiol groups is 3. The van der Waals surface area contributed by atoms with Gasteiger partial charge >= 0.3 is 0 Å². The van der Waals surface area contributed by atoms with Gasteiger partial charge in [0, 0.05) is 30.9 Å². The summed E-state index contributed by atoms with van der Waals surface area (Å²) < 4.78 is 15.3. The van der Waals surface area contributed by atoms with Crippen LogP contribution in [0.1, 0.15) is 16.8 Å². The van der Waals surface area contributed by atoms with E-state index in [-0.39, 0.29) is 5.66 Å². The zero-order valence-corrected chi connectivity index (χ0v) is 20.7. The van der Waals surface area contributed by atoms with Crippen molar-refractivity contribution in [2.24, 2.45) is 0 Å². The standard InChI is InChI=1S/C27H21OPS3/c28-29(19-9-2-1-3-10-19,24-15-14-18-8-4-5-11-21(18)24)23-13-7-6-12-22(23)27-25(31)16-20(30)17-26(27)32/h1-17,24,30-32H. The van der Waals surface area contributed by atoms with Crippen LogP contribution in [-0.2, 0) is 4.57 Å². The topological polar surface area (TPSA) is 17.1 Å². The van der Waals surface area contributed by atoms with Crippen LogP contribution in [0.5, 0.6) is 0 Å². The fourth-order valence-corrected chi connectivity index (χ4v) is 9.13. The van der Waals surface area contributed by atoms with Gasteiger partial charge in [0.25, 0.3) is 0 Å². The van der Waals surface area contributed by atoms with E-state index < -0.39 is 7.14 Å². The maximum Gasteiger partial charge on any atom is 0.154 e. The molecule has 1 aliphatic carbocycles. The molecule has 0 bridgehead atoms. The van der Waals surface area contributed by atoms with Crippen LogP contribution < -0.4 is 10.6 Å². The second-order valence-electron chi connectivity index (χ2n) is 7.80. The number of benzene rings is 4. The predicted molar refractivity (Wildman–Crippen MR) is 145 cm³/mol. The van der Waals surface area contributed by atoms with Crippen molar-refractivity contribution < 1.29 is 4.57 Å². The van der Waals surface area contributed by atoms with Gasteiger partial charge in [-0.3, -0.25) is 0 Å². The van der Waals surface area contributed by atoms with Gasteiger partial charge < -0.3 is 4.57 Å². The first kappa shape index (κ1) is 21.7. The maximum absolute atomic E-state index is 15.3. The Morgan fingerprint density at radius 3 is 2.09 bits per heavy atom. The average molecular weight is 489 g/mol. The average Bonchev–Trinajstić information content (AvgIpc) is 3.24. The van der Waals surface area contributed by atoms with Crippen LogP contribution in [0.3, 0.4) is 0 Å². The van der Waals surface area contributed by atoms with Crippen molar-refractivity contribution >= 4 is 61.7 Å². The molecular formula is C27H21OPS3. The minimum atomic E-state index is -3.13. The van der Waals surface area contributed by atoms with Crippen molar-refractivity contribution in [1.82, 2.24) is 0 Å². The smallest absolute Gasteiger partial charge is 0.154 e. The minimum absolute atomic E-state index is 0.238. The Balaban J connectivity index is 1.82. The van der Waals surface area contributed by atoms with Crippen LogP contribution in [0.25, 0.3) is 17.2 Å². The van der Waals surface area contributed by atoms with Crippen molar-refractivity contribution in [2.45, 2.75) is 20.3 Å². The van der Waals surface area contributed by atoms with Gasteiger partial charge in [0.2, 0.25) is 0 Å². The molecule has 0 amide bonds. The van der Waals surface area contributed by atoms with E-state index in [0.717, 1.165) is 47.5 Å². The van der Waals surface area contributed by atoms with Gasteiger partial charge in [-0.15, -0.1) is 37.9 Å². The zero-order chi connectivity index (χ0) is 22.3. The summed E-state index contributed by atoms with van der Waals surface area (Å²) in [5, 5.41) is 1.65. The van der Waals surface area contributed by atoms with Crippen LogP contribution in [0.2, 0.25) is 0 Å². The third-order valence-electron chi connectivity index (χ3n) is 5.92. The van der Waals surface area contributed by atoms with Crippen molar-refractivity contribution in [1.29, 1.82) is 0 Å². The molecule has 158 valence electrons. The van der Waals surface area contributed by atoms with Gasteiger partial charge in [-0.05, 0) is 28.8 Å². The lowest BCUT2D eigenvalue weighted by molar-refractivity contribution is 0.584. The van der Waals surface area contributed by atoms with Crippen molar-refractivity contribution in [3.63, 3.8) is 0 Å². The second kappa shape index (κ2) is 8.68. The molecule has 1 nitrogen and oxygen atoms in total. The van der Waals surface area contributed by atoms with Crippen LogP contribution in [-0.4, -0.2) is 0 Å². The van der Waals surface area contributed by atoms with Gasteiger partial charge in [0.1, 0.15) is 0 Å². The normalized spacial score (nSPS) is 16.5. The number of allylic oxidation sites excluding steroid dienone is 1. The fraction of sp³-hybridized carbons (Fsp3) is 0.0370. The Morgan fingerprint density at radius 2 is 1.34 bits per heavy atom. The first-order valence-corrected chi connectivity index (χ1v) is 13.4. The number of hydrogen-bond acceptors (Lipinski definition) is 4. The van der Waals surface area contributed by atoms with Crippen LogP contribution in [0.4, 0.5) is 0 Å². The monoisotopic (exact) mass is 488 g/mol. The first-order valence-electron chi connectivity index (χ1n) is 10.3. The summed E-state index contributed by atoms with van der Waals surface area (Å²) in [5.41, 5.74) is 3.74. The van der Waals surface area contributed by atoms with Gasteiger partial charge in [-0.2, -0.15) is 0 Å². The molecule has 2 atom stereocenters. The lowest BCUT2D eigenvalue weighted by Gasteiger charge is -2.28. The predicted octanol–water partition coefficient (Wildman–Crippen LogP) is 7.30. The van der Waals surface area contributed by atoms with Gasteiger partial charge in [0.15, 0.2) is 7.14 Å². The highest BCUT2D eigenvalue weighted by Gasteiger charge is 2.40. The Hall–Kier alpha value is -2.10. The summed E-state index contributed by atoms with van der Waals surface area (Å²) in [4.78, 5) is 2.31. The molecule has 2 unspecified atom stereocenters. The zero-order valence-electron chi connectivity index (χ0n) is 17.1. The maximum atomic E-state index is 15.3. The van der Waals surface area contributed by atoms with E-state index in [1.807, 2.05) is 78.9 Å². The third kappa shape index (κ3) is 3.60. The molecule has 1 aliphatic rings. The molecule has 0 aromatic heterocycles. The number of fused-ring (bicyclic) bond motifs is 1. The Bertz CT molecular complexity index is 1370. The quantitative estimate of drug-likeness (QED) is 0.203. The third-order valence-corrected chi connectivity index (χ3v) is 10.3. The molecule has 5 heteroatoms. The lowest BCUT2D eigenvalue weighted by Crippen LogP contribution is -2.22. The van der Waals surface area contributed by atoms with Gasteiger partial charge in [-0.25, -0.2) is 0 Å². The highest BCUT2D eigenvalue weighted by Crippen LogP contribution is 2.62. The van der Waals surface area contributed by atoms with Crippen molar-refractivity contribution in [3.8, 4) is 11.1 Å². The summed E-state index contributed by atoms with van der Waals surface area (Å²) in [6, 6.07) is 29.8. The highest BCUT2D eigenvalue weighted by molar-refractivity contribution is 7.82.